The van der Waals surface area contributed by atoms with Crippen molar-refractivity contribution in [1.29, 1.82) is 0 Å². The van der Waals surface area contributed by atoms with Crippen molar-refractivity contribution in [2.75, 3.05) is 40.5 Å². The zero-order valence-electron chi connectivity index (χ0n) is 20.4. The summed E-state index contributed by atoms with van der Waals surface area (Å²) < 4.78 is 39.5. The fraction of sp³-hybridized carbons (Fsp3) is 0.625. The van der Waals surface area contributed by atoms with E-state index in [2.05, 4.69) is 25.7 Å². The van der Waals surface area contributed by atoms with Crippen LogP contribution >= 0.6 is 0 Å². The van der Waals surface area contributed by atoms with Crippen molar-refractivity contribution in [3.8, 4) is 17.6 Å². The first-order valence-electron chi connectivity index (χ1n) is 11.2. The van der Waals surface area contributed by atoms with Gasteiger partial charge in [0.2, 0.25) is 15.9 Å². The molecule has 1 N–H and O–H groups in total. The molecule has 0 radical (unpaired) electrons. The minimum Gasteiger partial charge on any atom is -0.487 e. The lowest BCUT2D eigenvalue weighted by atomic mass is 10.0. The average Bonchev–Trinajstić information content (AvgIpc) is 2.75. The van der Waals surface area contributed by atoms with Crippen LogP contribution in [0.4, 0.5) is 0 Å². The predicted molar refractivity (Wildman–Crippen MR) is 126 cm³/mol. The molecule has 1 aromatic rings. The molecule has 0 aliphatic carbocycles. The quantitative estimate of drug-likeness (QED) is 0.600. The third-order valence-corrected chi connectivity index (χ3v) is 7.58. The normalized spacial score (nSPS) is 21.1. The second kappa shape index (κ2) is 11.8. The van der Waals surface area contributed by atoms with Crippen molar-refractivity contribution < 1.29 is 27.8 Å². The molecule has 1 aliphatic heterocycles. The van der Waals surface area contributed by atoms with Gasteiger partial charge >= 0.3 is 0 Å². The van der Waals surface area contributed by atoms with E-state index in [4.69, 9.17) is 9.47 Å². The third-order valence-electron chi connectivity index (χ3n) is 5.56. The number of sulfonamides is 1. The molecule has 1 aromatic carbocycles. The summed E-state index contributed by atoms with van der Waals surface area (Å²) >= 11 is 0. The Hall–Kier alpha value is -2.12. The Morgan fingerprint density at radius 1 is 1.36 bits per heavy atom. The van der Waals surface area contributed by atoms with Crippen LogP contribution in [-0.2, 0) is 19.6 Å². The molecule has 33 heavy (non-hydrogen) atoms. The topological polar surface area (TPSA) is 96.4 Å². The fourth-order valence-electron chi connectivity index (χ4n) is 3.48. The van der Waals surface area contributed by atoms with Gasteiger partial charge < -0.3 is 19.5 Å². The molecule has 0 spiro atoms. The largest absolute Gasteiger partial charge is 0.487 e. The maximum atomic E-state index is 13.5. The molecule has 1 heterocycles. The Morgan fingerprint density at radius 3 is 2.67 bits per heavy atom. The Bertz CT molecular complexity index is 982. The first kappa shape index (κ1) is 27.1. The summed E-state index contributed by atoms with van der Waals surface area (Å²) in [5.41, 5.74) is 0.655. The van der Waals surface area contributed by atoms with Gasteiger partial charge in [0.05, 0.1) is 13.2 Å². The molecular weight excluding hydrogens is 444 g/mol. The molecular formula is C24H36N2O6S. The summed E-state index contributed by atoms with van der Waals surface area (Å²) in [7, 11) is -0.796. The molecule has 0 saturated heterocycles. The number of aliphatic hydroxyl groups excluding tert-OH is 1. The Morgan fingerprint density at radius 2 is 2.06 bits per heavy atom. The first-order chi connectivity index (χ1) is 15.5. The van der Waals surface area contributed by atoms with E-state index in [0.29, 0.717) is 11.5 Å². The Labute approximate surface area is 197 Å². The second-order valence-corrected chi connectivity index (χ2v) is 10.9. The molecule has 0 unspecified atom stereocenters. The van der Waals surface area contributed by atoms with Gasteiger partial charge in [0, 0.05) is 44.6 Å². The van der Waals surface area contributed by atoms with E-state index >= 15 is 0 Å². The van der Waals surface area contributed by atoms with Gasteiger partial charge in [-0.1, -0.05) is 32.6 Å². The van der Waals surface area contributed by atoms with Gasteiger partial charge in [-0.25, -0.2) is 8.42 Å². The van der Waals surface area contributed by atoms with Crippen molar-refractivity contribution >= 4 is 15.9 Å². The van der Waals surface area contributed by atoms with Crippen LogP contribution < -0.4 is 4.74 Å². The van der Waals surface area contributed by atoms with Gasteiger partial charge in [0.15, 0.2) is 0 Å². The maximum Gasteiger partial charge on any atom is 0.248 e. The van der Waals surface area contributed by atoms with Gasteiger partial charge in [-0.05, 0) is 31.0 Å². The lowest BCUT2D eigenvalue weighted by Gasteiger charge is -2.37. The number of ether oxygens (including phenoxy) is 2. The standard InChI is InChI=1S/C24H36N2O6S/c1-17(2)8-7-9-20-10-11-23-21(12-20)32-22(14-25(5)24(28)16-31-6)18(3)13-26(19(4)15-27)33(23,29)30/h10-12,17-19,22,27H,8,13-16H2,1-6H3/t18-,19-,22+/m1/s1. The van der Waals surface area contributed by atoms with E-state index in [1.54, 1.807) is 26.1 Å². The van der Waals surface area contributed by atoms with E-state index in [1.165, 1.54) is 22.4 Å². The number of carbonyl (C=O) groups excluding carboxylic acids is 1. The zero-order valence-corrected chi connectivity index (χ0v) is 21.2. The summed E-state index contributed by atoms with van der Waals surface area (Å²) in [6.45, 7) is 7.75. The molecule has 0 fully saturated rings. The van der Waals surface area contributed by atoms with Crippen molar-refractivity contribution in [3.05, 3.63) is 23.8 Å². The lowest BCUT2D eigenvalue weighted by molar-refractivity contribution is -0.135. The number of rotatable bonds is 7. The molecule has 0 bridgehead atoms. The van der Waals surface area contributed by atoms with Crippen LogP contribution in [0.5, 0.6) is 5.75 Å². The van der Waals surface area contributed by atoms with Crippen LogP contribution in [0, 0.1) is 23.7 Å². The molecule has 1 aliphatic rings. The SMILES string of the molecule is COCC(=O)N(C)C[C@@H]1Oc2cc(C#CCC(C)C)ccc2S(=O)(=O)N([C@H](C)CO)C[C@H]1C. The summed E-state index contributed by atoms with van der Waals surface area (Å²) in [6, 6.07) is 4.21. The van der Waals surface area contributed by atoms with E-state index < -0.39 is 22.2 Å². The highest BCUT2D eigenvalue weighted by atomic mass is 32.2. The van der Waals surface area contributed by atoms with Crippen LogP contribution in [0.15, 0.2) is 23.1 Å². The monoisotopic (exact) mass is 480 g/mol. The number of hydrogen-bond donors (Lipinski definition) is 1. The summed E-state index contributed by atoms with van der Waals surface area (Å²) in [5.74, 6) is 6.36. The first-order valence-corrected chi connectivity index (χ1v) is 12.6. The zero-order chi connectivity index (χ0) is 24.8. The average molecular weight is 481 g/mol. The molecule has 0 aromatic heterocycles. The smallest absolute Gasteiger partial charge is 0.248 e. The molecule has 2 rings (SSSR count). The molecule has 1 amide bonds. The maximum absolute atomic E-state index is 13.5. The molecule has 184 valence electrons. The van der Waals surface area contributed by atoms with Gasteiger partial charge in [-0.2, -0.15) is 4.31 Å². The van der Waals surface area contributed by atoms with E-state index in [9.17, 15) is 18.3 Å². The van der Waals surface area contributed by atoms with Crippen LogP contribution in [0.25, 0.3) is 0 Å². The highest BCUT2D eigenvalue weighted by Gasteiger charge is 2.38. The Balaban J connectivity index is 2.52. The van der Waals surface area contributed by atoms with E-state index in [0.717, 1.165) is 6.42 Å². The third kappa shape index (κ3) is 6.93. The number of methoxy groups -OCH3 is 1. The van der Waals surface area contributed by atoms with Crippen LogP contribution in [0.2, 0.25) is 0 Å². The number of likely N-dealkylation sites (N-methyl/N-ethyl adjacent to an activating group) is 1. The fourth-order valence-corrected chi connectivity index (χ4v) is 5.31. The van der Waals surface area contributed by atoms with Gasteiger partial charge in [0.1, 0.15) is 23.4 Å². The number of amides is 1. The van der Waals surface area contributed by atoms with Gasteiger partial charge in [0.25, 0.3) is 0 Å². The highest BCUT2D eigenvalue weighted by molar-refractivity contribution is 7.89. The molecule has 9 heteroatoms. The number of aliphatic hydroxyl groups is 1. The highest BCUT2D eigenvalue weighted by Crippen LogP contribution is 2.34. The second-order valence-electron chi connectivity index (χ2n) is 9.01. The van der Waals surface area contributed by atoms with Crippen molar-refractivity contribution in [3.63, 3.8) is 0 Å². The number of nitrogens with zero attached hydrogens (tertiary/aromatic N) is 2. The van der Waals surface area contributed by atoms with Crippen molar-refractivity contribution in [1.82, 2.24) is 9.21 Å². The lowest BCUT2D eigenvalue weighted by Crippen LogP contribution is -2.50. The van der Waals surface area contributed by atoms with Crippen molar-refractivity contribution in [2.24, 2.45) is 11.8 Å². The van der Waals surface area contributed by atoms with Crippen LogP contribution in [0.3, 0.4) is 0 Å². The van der Waals surface area contributed by atoms with Crippen LogP contribution in [0.1, 0.15) is 39.7 Å². The molecule has 8 nitrogen and oxygen atoms in total. The van der Waals surface area contributed by atoms with Gasteiger partial charge in [-0.15, -0.1) is 0 Å². The van der Waals surface area contributed by atoms with Crippen molar-refractivity contribution in [2.45, 2.75) is 51.2 Å². The summed E-state index contributed by atoms with van der Waals surface area (Å²) in [5, 5.41) is 9.72. The number of fused-ring (bicyclic) bond motifs is 1. The number of hydrogen-bond acceptors (Lipinski definition) is 6. The molecule has 0 saturated carbocycles. The summed E-state index contributed by atoms with van der Waals surface area (Å²) in [6.07, 6.45) is 0.252. The predicted octanol–water partition coefficient (Wildman–Crippen LogP) is 1.96. The van der Waals surface area contributed by atoms with E-state index in [-0.39, 0.29) is 48.8 Å². The number of benzene rings is 1. The summed E-state index contributed by atoms with van der Waals surface area (Å²) in [4.78, 5) is 13.8. The van der Waals surface area contributed by atoms with E-state index in [1.807, 2.05) is 6.92 Å². The minimum atomic E-state index is -3.91. The van der Waals surface area contributed by atoms with Gasteiger partial charge in [-0.3, -0.25) is 4.79 Å². The van der Waals surface area contributed by atoms with Crippen LogP contribution in [-0.4, -0.2) is 81.2 Å². The number of carbonyl (C=O) groups is 1. The molecule has 3 atom stereocenters. The Kier molecular flexibility index (Phi) is 9.73. The minimum absolute atomic E-state index is 0.0278.